The van der Waals surface area contributed by atoms with E-state index in [-0.39, 0.29) is 11.3 Å². The van der Waals surface area contributed by atoms with Gasteiger partial charge in [0.2, 0.25) is 0 Å². The quantitative estimate of drug-likeness (QED) is 0.607. The van der Waals surface area contributed by atoms with Gasteiger partial charge in [0.25, 0.3) is 0 Å². The lowest BCUT2D eigenvalue weighted by Crippen LogP contribution is -2.05. The Labute approximate surface area is 87.7 Å². The Morgan fingerprint density at radius 3 is 2.47 bits per heavy atom. The number of benzene rings is 1. The summed E-state index contributed by atoms with van der Waals surface area (Å²) in [6, 6.07) is 4.31. The Morgan fingerprint density at radius 2 is 1.93 bits per heavy atom. The van der Waals surface area contributed by atoms with Gasteiger partial charge in [0, 0.05) is 5.56 Å². The lowest BCUT2D eigenvalue weighted by Gasteiger charge is -2.09. The summed E-state index contributed by atoms with van der Waals surface area (Å²) in [5.74, 6) is -0.211. The molecule has 80 valence electrons. The van der Waals surface area contributed by atoms with Gasteiger partial charge in [0.1, 0.15) is 11.5 Å². The largest absolute Gasteiger partial charge is 0.508 e. The fraction of sp³-hybridized carbons (Fsp3) is 0.182. The molecule has 0 unspecified atom stereocenters. The minimum absolute atomic E-state index is 0.0111. The van der Waals surface area contributed by atoms with Crippen molar-refractivity contribution < 1.29 is 19.4 Å². The van der Waals surface area contributed by atoms with E-state index in [1.54, 1.807) is 6.07 Å². The third kappa shape index (κ3) is 2.28. The van der Waals surface area contributed by atoms with E-state index in [1.807, 2.05) is 0 Å². The van der Waals surface area contributed by atoms with E-state index < -0.39 is 5.97 Å². The van der Waals surface area contributed by atoms with E-state index in [0.29, 0.717) is 11.3 Å². The highest BCUT2D eigenvalue weighted by atomic mass is 16.5. The summed E-state index contributed by atoms with van der Waals surface area (Å²) in [5, 5.41) is 9.26. The SMILES string of the molecule is C=C(OC)c1ccc(O)cc1C(=O)OC. The maximum absolute atomic E-state index is 11.4. The number of hydrogen-bond donors (Lipinski definition) is 1. The number of carbonyl (C=O) groups excluding carboxylic acids is 1. The molecule has 1 aromatic rings. The summed E-state index contributed by atoms with van der Waals surface area (Å²) in [4.78, 5) is 11.4. The van der Waals surface area contributed by atoms with E-state index in [0.717, 1.165) is 0 Å². The molecule has 0 aliphatic carbocycles. The van der Waals surface area contributed by atoms with Crippen molar-refractivity contribution in [3.05, 3.63) is 35.9 Å². The van der Waals surface area contributed by atoms with Gasteiger partial charge in [0.15, 0.2) is 0 Å². The minimum atomic E-state index is -0.543. The van der Waals surface area contributed by atoms with Crippen LogP contribution in [-0.4, -0.2) is 25.3 Å². The van der Waals surface area contributed by atoms with Crippen molar-refractivity contribution in [1.29, 1.82) is 0 Å². The summed E-state index contributed by atoms with van der Waals surface area (Å²) >= 11 is 0. The number of aromatic hydroxyl groups is 1. The van der Waals surface area contributed by atoms with Gasteiger partial charge in [-0.2, -0.15) is 0 Å². The van der Waals surface area contributed by atoms with E-state index in [1.165, 1.54) is 26.4 Å². The van der Waals surface area contributed by atoms with E-state index >= 15 is 0 Å². The molecule has 0 aliphatic rings. The molecule has 4 nitrogen and oxygen atoms in total. The van der Waals surface area contributed by atoms with Gasteiger partial charge < -0.3 is 14.6 Å². The molecule has 1 N–H and O–H groups in total. The summed E-state index contributed by atoms with van der Waals surface area (Å²) in [7, 11) is 2.72. The number of hydrogen-bond acceptors (Lipinski definition) is 4. The summed E-state index contributed by atoms with van der Waals surface area (Å²) in [6.45, 7) is 3.64. The average Bonchev–Trinajstić information content (AvgIpc) is 2.26. The first kappa shape index (κ1) is 11.1. The zero-order chi connectivity index (χ0) is 11.4. The maximum Gasteiger partial charge on any atom is 0.338 e. The average molecular weight is 208 g/mol. The first-order valence-corrected chi connectivity index (χ1v) is 4.24. The number of esters is 1. The standard InChI is InChI=1S/C11H12O4/c1-7(14-2)9-5-4-8(12)6-10(9)11(13)15-3/h4-6,12H,1H2,2-3H3. The van der Waals surface area contributed by atoms with E-state index in [2.05, 4.69) is 11.3 Å². The van der Waals surface area contributed by atoms with E-state index in [9.17, 15) is 9.90 Å². The van der Waals surface area contributed by atoms with Crippen LogP contribution < -0.4 is 0 Å². The molecule has 0 bridgehead atoms. The second kappa shape index (κ2) is 4.50. The van der Waals surface area contributed by atoms with Crippen molar-refractivity contribution in [3.63, 3.8) is 0 Å². The molecule has 0 atom stereocenters. The highest BCUT2D eigenvalue weighted by molar-refractivity contribution is 5.95. The minimum Gasteiger partial charge on any atom is -0.508 e. The predicted molar refractivity (Wildman–Crippen MR) is 55.5 cm³/mol. The Hall–Kier alpha value is -1.97. The van der Waals surface area contributed by atoms with Gasteiger partial charge in [-0.1, -0.05) is 6.58 Å². The van der Waals surface area contributed by atoms with Crippen molar-refractivity contribution in [2.45, 2.75) is 0 Å². The highest BCUT2D eigenvalue weighted by Crippen LogP contribution is 2.23. The fourth-order valence-electron chi connectivity index (χ4n) is 1.16. The third-order valence-electron chi connectivity index (χ3n) is 1.96. The molecule has 0 aliphatic heterocycles. The normalized spacial score (nSPS) is 9.47. The van der Waals surface area contributed by atoms with Crippen molar-refractivity contribution in [2.75, 3.05) is 14.2 Å². The van der Waals surface area contributed by atoms with Crippen LogP contribution in [0.2, 0.25) is 0 Å². The molecule has 0 amide bonds. The molecule has 15 heavy (non-hydrogen) atoms. The highest BCUT2D eigenvalue weighted by Gasteiger charge is 2.15. The third-order valence-corrected chi connectivity index (χ3v) is 1.96. The molecule has 0 aromatic heterocycles. The van der Waals surface area contributed by atoms with Crippen molar-refractivity contribution in [1.82, 2.24) is 0 Å². The molecular formula is C11H12O4. The number of carbonyl (C=O) groups is 1. The molecular weight excluding hydrogens is 196 g/mol. The second-order valence-electron chi connectivity index (χ2n) is 2.85. The van der Waals surface area contributed by atoms with Crippen LogP contribution in [0, 0.1) is 0 Å². The van der Waals surface area contributed by atoms with Crippen LogP contribution >= 0.6 is 0 Å². The zero-order valence-corrected chi connectivity index (χ0v) is 8.61. The number of methoxy groups -OCH3 is 2. The van der Waals surface area contributed by atoms with Crippen LogP contribution in [0.25, 0.3) is 5.76 Å². The van der Waals surface area contributed by atoms with Gasteiger partial charge in [-0.05, 0) is 18.2 Å². The number of rotatable bonds is 3. The van der Waals surface area contributed by atoms with Crippen LogP contribution in [0.1, 0.15) is 15.9 Å². The lowest BCUT2D eigenvalue weighted by atomic mass is 10.1. The molecule has 0 spiro atoms. The van der Waals surface area contributed by atoms with Crippen molar-refractivity contribution in [3.8, 4) is 5.75 Å². The monoisotopic (exact) mass is 208 g/mol. The maximum atomic E-state index is 11.4. The molecule has 0 saturated heterocycles. The topological polar surface area (TPSA) is 55.8 Å². The van der Waals surface area contributed by atoms with Crippen molar-refractivity contribution >= 4 is 11.7 Å². The first-order valence-electron chi connectivity index (χ1n) is 4.24. The Kier molecular flexibility index (Phi) is 3.33. The van der Waals surface area contributed by atoms with Gasteiger partial charge in [-0.15, -0.1) is 0 Å². The summed E-state index contributed by atoms with van der Waals surface area (Å²) < 4.78 is 9.51. The van der Waals surface area contributed by atoms with Gasteiger partial charge >= 0.3 is 5.97 Å². The lowest BCUT2D eigenvalue weighted by molar-refractivity contribution is 0.0599. The molecule has 1 aromatic carbocycles. The molecule has 0 heterocycles. The first-order chi connectivity index (χ1) is 7.10. The zero-order valence-electron chi connectivity index (χ0n) is 8.61. The summed E-state index contributed by atoms with van der Waals surface area (Å²) in [5.41, 5.74) is 0.728. The smallest absolute Gasteiger partial charge is 0.338 e. The van der Waals surface area contributed by atoms with Crippen LogP contribution in [0.15, 0.2) is 24.8 Å². The Balaban J connectivity index is 3.26. The molecule has 0 fully saturated rings. The van der Waals surface area contributed by atoms with Gasteiger partial charge in [-0.25, -0.2) is 4.79 Å². The van der Waals surface area contributed by atoms with Crippen LogP contribution in [0.4, 0.5) is 0 Å². The molecule has 4 heteroatoms. The van der Waals surface area contributed by atoms with Crippen molar-refractivity contribution in [2.24, 2.45) is 0 Å². The second-order valence-corrected chi connectivity index (χ2v) is 2.85. The molecule has 1 rings (SSSR count). The van der Waals surface area contributed by atoms with Gasteiger partial charge in [-0.3, -0.25) is 0 Å². The van der Waals surface area contributed by atoms with E-state index in [4.69, 9.17) is 4.74 Å². The fourth-order valence-corrected chi connectivity index (χ4v) is 1.16. The van der Waals surface area contributed by atoms with Gasteiger partial charge in [0.05, 0.1) is 19.8 Å². The van der Waals surface area contributed by atoms with Crippen LogP contribution in [0.3, 0.4) is 0 Å². The predicted octanol–water partition coefficient (Wildman–Crippen LogP) is 1.80. The van der Waals surface area contributed by atoms with Crippen LogP contribution in [0.5, 0.6) is 5.75 Å². The molecule has 0 saturated carbocycles. The molecule has 0 radical (unpaired) electrons. The number of phenols is 1. The Bertz CT molecular complexity index is 396. The number of phenolic OH excluding ortho intramolecular Hbond substituents is 1. The number of ether oxygens (including phenoxy) is 2. The van der Waals surface area contributed by atoms with Crippen LogP contribution in [-0.2, 0) is 9.47 Å². The Morgan fingerprint density at radius 1 is 1.27 bits per heavy atom. The summed E-state index contributed by atoms with van der Waals surface area (Å²) in [6.07, 6.45) is 0.